The van der Waals surface area contributed by atoms with Crippen molar-refractivity contribution in [1.29, 1.82) is 0 Å². The highest BCUT2D eigenvalue weighted by atomic mass is 15.2. The second-order valence-corrected chi connectivity index (χ2v) is 10.9. The molecule has 0 aromatic carbocycles. The van der Waals surface area contributed by atoms with Crippen LogP contribution in [-0.4, -0.2) is 40.5 Å². The number of allylic oxidation sites excluding steroid dienone is 2. The van der Waals surface area contributed by atoms with Gasteiger partial charge < -0.3 is 10.2 Å². The number of pyridine rings is 1. The van der Waals surface area contributed by atoms with Gasteiger partial charge in [0.25, 0.3) is 0 Å². The molecule has 1 aromatic heterocycles. The van der Waals surface area contributed by atoms with Crippen molar-refractivity contribution in [2.45, 2.75) is 107 Å². The molecule has 0 saturated carbocycles. The SMILES string of the molecule is C=C/C(C(=C)NC(=C)[C@@H]1CN(Cc2cccnc2)CC1C)=C(/C)N(C)C(C)(C)CCC.CC.CCCCC. The number of nitrogens with one attached hydrogen (secondary N) is 1. The molecule has 216 valence electrons. The maximum Gasteiger partial charge on any atom is 0.0399 e. The second-order valence-electron chi connectivity index (χ2n) is 10.9. The number of likely N-dealkylation sites (tertiary alicyclic amines) is 1. The molecular weight excluding hydrogens is 464 g/mol. The molecule has 1 aliphatic rings. The number of hydrogen-bond acceptors (Lipinski definition) is 4. The molecule has 0 amide bonds. The summed E-state index contributed by atoms with van der Waals surface area (Å²) in [4.78, 5) is 9.07. The summed E-state index contributed by atoms with van der Waals surface area (Å²) in [5.74, 6) is 0.918. The van der Waals surface area contributed by atoms with E-state index in [2.05, 4.69) is 101 Å². The Hall–Kier alpha value is -2.33. The van der Waals surface area contributed by atoms with Crippen LogP contribution in [0.5, 0.6) is 0 Å². The summed E-state index contributed by atoms with van der Waals surface area (Å²) < 4.78 is 0. The molecule has 2 atom stereocenters. The summed E-state index contributed by atoms with van der Waals surface area (Å²) in [6.45, 7) is 35.4. The first-order valence-corrected chi connectivity index (χ1v) is 14.9. The zero-order valence-corrected chi connectivity index (χ0v) is 26.7. The van der Waals surface area contributed by atoms with Gasteiger partial charge in [-0.15, -0.1) is 0 Å². The Labute approximate surface area is 237 Å². The van der Waals surface area contributed by atoms with Crippen LogP contribution in [0.1, 0.15) is 100.0 Å². The van der Waals surface area contributed by atoms with Crippen LogP contribution in [0, 0.1) is 11.8 Å². The summed E-state index contributed by atoms with van der Waals surface area (Å²) in [6, 6.07) is 4.14. The Morgan fingerprint density at radius 1 is 1.16 bits per heavy atom. The number of unbranched alkanes of at least 4 members (excludes halogenated alkanes) is 2. The first-order chi connectivity index (χ1) is 18.0. The van der Waals surface area contributed by atoms with Crippen molar-refractivity contribution >= 4 is 0 Å². The first-order valence-electron chi connectivity index (χ1n) is 14.9. The monoisotopic (exact) mass is 524 g/mol. The highest BCUT2D eigenvalue weighted by molar-refractivity contribution is 5.41. The van der Waals surface area contributed by atoms with Crippen molar-refractivity contribution in [1.82, 2.24) is 20.1 Å². The van der Waals surface area contributed by atoms with E-state index in [0.29, 0.717) is 11.8 Å². The molecule has 2 heterocycles. The Morgan fingerprint density at radius 3 is 2.26 bits per heavy atom. The molecule has 4 heteroatoms. The quantitative estimate of drug-likeness (QED) is 0.261. The van der Waals surface area contributed by atoms with Gasteiger partial charge in [-0.05, 0) is 44.7 Å². The fourth-order valence-electron chi connectivity index (χ4n) is 5.01. The topological polar surface area (TPSA) is 31.4 Å². The number of hydrogen-bond donors (Lipinski definition) is 1. The molecule has 0 aliphatic carbocycles. The van der Waals surface area contributed by atoms with Crippen LogP contribution < -0.4 is 5.32 Å². The van der Waals surface area contributed by atoms with E-state index in [1.165, 1.54) is 30.5 Å². The summed E-state index contributed by atoms with van der Waals surface area (Å²) in [5.41, 5.74) is 5.46. The molecule has 1 aromatic rings. The van der Waals surface area contributed by atoms with Crippen LogP contribution in [-0.2, 0) is 6.54 Å². The fourth-order valence-corrected chi connectivity index (χ4v) is 5.01. The minimum Gasteiger partial charge on any atom is -0.372 e. The molecule has 1 N–H and O–H groups in total. The largest absolute Gasteiger partial charge is 0.372 e. The van der Waals surface area contributed by atoms with E-state index in [9.17, 15) is 0 Å². The molecule has 1 fully saturated rings. The number of rotatable bonds is 13. The zero-order chi connectivity index (χ0) is 29.3. The van der Waals surface area contributed by atoms with Crippen LogP contribution in [0.3, 0.4) is 0 Å². The van der Waals surface area contributed by atoms with E-state index in [4.69, 9.17) is 0 Å². The average molecular weight is 525 g/mol. The van der Waals surface area contributed by atoms with Crippen molar-refractivity contribution in [3.05, 3.63) is 78.6 Å². The minimum absolute atomic E-state index is 0.0805. The number of nitrogens with zero attached hydrogens (tertiary/aromatic N) is 3. The maximum atomic E-state index is 4.39. The third kappa shape index (κ3) is 11.6. The Bertz CT molecular complexity index is 850. The van der Waals surface area contributed by atoms with E-state index < -0.39 is 0 Å². The highest BCUT2D eigenvalue weighted by Gasteiger charge is 2.32. The van der Waals surface area contributed by atoms with Crippen molar-refractivity contribution in [3.63, 3.8) is 0 Å². The van der Waals surface area contributed by atoms with Gasteiger partial charge in [0.15, 0.2) is 0 Å². The summed E-state index contributed by atoms with van der Waals surface area (Å²) >= 11 is 0. The molecule has 1 saturated heterocycles. The third-order valence-electron chi connectivity index (χ3n) is 7.48. The van der Waals surface area contributed by atoms with Crippen molar-refractivity contribution < 1.29 is 0 Å². The number of aromatic nitrogens is 1. The van der Waals surface area contributed by atoms with E-state index in [1.54, 1.807) is 0 Å². The van der Waals surface area contributed by atoms with Gasteiger partial charge in [0.1, 0.15) is 0 Å². The average Bonchev–Trinajstić information content (AvgIpc) is 3.26. The molecule has 1 unspecified atom stereocenters. The molecule has 4 nitrogen and oxygen atoms in total. The lowest BCUT2D eigenvalue weighted by atomic mass is 9.94. The summed E-state index contributed by atoms with van der Waals surface area (Å²) in [6.07, 6.45) is 12.0. The van der Waals surface area contributed by atoms with Crippen molar-refractivity contribution in [3.8, 4) is 0 Å². The van der Waals surface area contributed by atoms with Crippen LogP contribution >= 0.6 is 0 Å². The lowest BCUT2D eigenvalue weighted by Crippen LogP contribution is -2.40. The molecule has 0 bridgehead atoms. The van der Waals surface area contributed by atoms with E-state index >= 15 is 0 Å². The molecule has 1 aliphatic heterocycles. The van der Waals surface area contributed by atoms with Crippen LogP contribution in [0.2, 0.25) is 0 Å². The highest BCUT2D eigenvalue weighted by Crippen LogP contribution is 2.31. The van der Waals surface area contributed by atoms with E-state index in [-0.39, 0.29) is 5.54 Å². The molecular formula is C34H60N4. The summed E-state index contributed by atoms with van der Waals surface area (Å²) in [7, 11) is 2.16. The lowest BCUT2D eigenvalue weighted by Gasteiger charge is -2.39. The van der Waals surface area contributed by atoms with Gasteiger partial charge in [-0.3, -0.25) is 9.88 Å². The Morgan fingerprint density at radius 2 is 1.79 bits per heavy atom. The maximum absolute atomic E-state index is 4.39. The van der Waals surface area contributed by atoms with Gasteiger partial charge in [0, 0.05) is 73.2 Å². The second kappa shape index (κ2) is 18.8. The molecule has 2 rings (SSSR count). The standard InChI is InChI=1S/C27H42N4.C5H12.C2H6/c1-10-14-27(7,8)30(9)23(6)25(11-2)21(4)29-22(5)26-19-31(17-20(26)3)18-24-13-12-15-28-16-24;1-3-5-4-2;1-2/h11-13,15-16,20,26,29H,2,4-5,10,14,17-19H2,1,3,6-9H3;3-5H2,1-2H3;1-2H3/b25-23+;;/t20?,26-;;/m1../s1. The Kier molecular flexibility index (Phi) is 17.7. The lowest BCUT2D eigenvalue weighted by molar-refractivity contribution is 0.188. The van der Waals surface area contributed by atoms with Gasteiger partial charge in [-0.25, -0.2) is 0 Å². The van der Waals surface area contributed by atoms with E-state index in [1.807, 2.05) is 38.4 Å². The Balaban J connectivity index is 0.00000175. The van der Waals surface area contributed by atoms with Gasteiger partial charge >= 0.3 is 0 Å². The van der Waals surface area contributed by atoms with Gasteiger partial charge in [0.2, 0.25) is 0 Å². The van der Waals surface area contributed by atoms with Gasteiger partial charge in [-0.1, -0.05) is 99.1 Å². The third-order valence-corrected chi connectivity index (χ3v) is 7.48. The van der Waals surface area contributed by atoms with Gasteiger partial charge in [0.05, 0.1) is 0 Å². The molecule has 0 spiro atoms. The van der Waals surface area contributed by atoms with Crippen molar-refractivity contribution in [2.24, 2.45) is 11.8 Å². The molecule has 0 radical (unpaired) electrons. The van der Waals surface area contributed by atoms with Crippen LogP contribution in [0.25, 0.3) is 0 Å². The first kappa shape index (κ1) is 35.7. The smallest absolute Gasteiger partial charge is 0.0399 e. The summed E-state index contributed by atoms with van der Waals surface area (Å²) in [5, 5.41) is 3.52. The van der Waals surface area contributed by atoms with Crippen LogP contribution in [0.15, 0.2) is 73.0 Å². The minimum atomic E-state index is 0.0805. The van der Waals surface area contributed by atoms with E-state index in [0.717, 1.165) is 49.4 Å². The zero-order valence-electron chi connectivity index (χ0n) is 26.7. The predicted octanol–water partition coefficient (Wildman–Crippen LogP) is 8.96. The van der Waals surface area contributed by atoms with Crippen molar-refractivity contribution in [2.75, 3.05) is 20.1 Å². The molecule has 38 heavy (non-hydrogen) atoms. The van der Waals surface area contributed by atoms with Crippen LogP contribution in [0.4, 0.5) is 0 Å². The normalized spacial score (nSPS) is 17.7. The predicted molar refractivity (Wildman–Crippen MR) is 170 cm³/mol. The van der Waals surface area contributed by atoms with Gasteiger partial charge in [-0.2, -0.15) is 0 Å². The fraction of sp³-hybridized carbons (Fsp3) is 0.618.